The Morgan fingerprint density at radius 1 is 1.03 bits per heavy atom. The van der Waals surface area contributed by atoms with Gasteiger partial charge in [-0.1, -0.05) is 26.7 Å². The van der Waals surface area contributed by atoms with E-state index in [1.807, 2.05) is 4.31 Å². The molecule has 6 nitrogen and oxygen atoms in total. The molecule has 3 heterocycles. The molecule has 0 N–H and O–H groups in total. The summed E-state index contributed by atoms with van der Waals surface area (Å²) in [6.45, 7) is 8.36. The molecule has 2 fully saturated rings. The van der Waals surface area contributed by atoms with Gasteiger partial charge < -0.3 is 9.47 Å². The van der Waals surface area contributed by atoms with Crippen molar-refractivity contribution in [1.29, 1.82) is 0 Å². The van der Waals surface area contributed by atoms with Crippen LogP contribution in [-0.4, -0.2) is 68.1 Å². The second-order valence-electron chi connectivity index (χ2n) is 10.3. The Bertz CT molecular complexity index is 941. The highest BCUT2D eigenvalue weighted by Crippen LogP contribution is 2.46. The molecule has 1 aromatic carbocycles. The molecular weight excluding hydrogens is 484 g/mol. The van der Waals surface area contributed by atoms with Crippen molar-refractivity contribution in [3.8, 4) is 11.5 Å². The third-order valence-corrected chi connectivity index (χ3v) is 10.1. The summed E-state index contributed by atoms with van der Waals surface area (Å²) in [5.74, 6) is 2.64. The molecule has 3 aliphatic heterocycles. The van der Waals surface area contributed by atoms with Crippen molar-refractivity contribution < 1.29 is 17.9 Å². The monoisotopic (exact) mass is 526 g/mol. The molecule has 0 aliphatic carbocycles. The minimum atomic E-state index is -3.29. The van der Waals surface area contributed by atoms with Crippen LogP contribution in [0.3, 0.4) is 0 Å². The summed E-state index contributed by atoms with van der Waals surface area (Å²) in [6, 6.07) is 4.70. The predicted molar refractivity (Wildman–Crippen MR) is 142 cm³/mol. The summed E-state index contributed by atoms with van der Waals surface area (Å²) >= 11 is 5.83. The zero-order valence-corrected chi connectivity index (χ0v) is 23.1. The maximum absolute atomic E-state index is 13.2. The quantitative estimate of drug-likeness (QED) is 0.270. The molecule has 4 rings (SSSR count). The lowest BCUT2D eigenvalue weighted by molar-refractivity contribution is 0.0218. The highest BCUT2D eigenvalue weighted by Gasteiger charge is 2.46. The number of halogens is 1. The Kier molecular flexibility index (Phi) is 9.64. The number of hydrogen-bond acceptors (Lipinski definition) is 5. The summed E-state index contributed by atoms with van der Waals surface area (Å²) < 4.78 is 40.6. The number of alkyl halides is 1. The third kappa shape index (κ3) is 6.28. The van der Waals surface area contributed by atoms with Gasteiger partial charge >= 0.3 is 0 Å². The van der Waals surface area contributed by atoms with E-state index >= 15 is 0 Å². The van der Waals surface area contributed by atoms with Crippen LogP contribution >= 0.6 is 11.6 Å². The summed E-state index contributed by atoms with van der Waals surface area (Å²) in [7, 11) is -3.29. The van der Waals surface area contributed by atoms with E-state index in [1.165, 1.54) is 11.1 Å². The van der Waals surface area contributed by atoms with Gasteiger partial charge in [-0.15, -0.1) is 11.6 Å². The van der Waals surface area contributed by atoms with Crippen LogP contribution in [0, 0.1) is 5.92 Å². The maximum atomic E-state index is 13.2. The Morgan fingerprint density at radius 3 is 2.43 bits per heavy atom. The number of hydrogen-bond donors (Lipinski definition) is 0. The minimum Gasteiger partial charge on any atom is -0.490 e. The second-order valence-corrected chi connectivity index (χ2v) is 12.8. The fourth-order valence-corrected chi connectivity index (χ4v) is 8.10. The van der Waals surface area contributed by atoms with Gasteiger partial charge in [-0.3, -0.25) is 4.90 Å². The van der Waals surface area contributed by atoms with Crippen LogP contribution in [0.5, 0.6) is 11.5 Å². The largest absolute Gasteiger partial charge is 0.490 e. The molecule has 0 aromatic heterocycles. The van der Waals surface area contributed by atoms with E-state index in [4.69, 9.17) is 21.1 Å². The lowest BCUT2D eigenvalue weighted by atomic mass is 9.77. The van der Waals surface area contributed by atoms with E-state index in [-0.39, 0.29) is 17.8 Å². The normalized spacial score (nSPS) is 24.9. The molecule has 0 radical (unpaired) electrons. The van der Waals surface area contributed by atoms with Crippen LogP contribution in [-0.2, 0) is 16.4 Å². The standard InChI is InChI=1S/C27H43ClN2O4S/c1-3-5-14-33-26-17-21-10-13-29-20-22-9-7-12-30(35(31,32)16-8-11-28)24(22)19-25(29)23(21)18-27(26)34-15-6-4-2/h17-18,22,24-25H,3-16,19-20H2,1-2H3/t22-,24+,25+/m1/s1. The highest BCUT2D eigenvalue weighted by molar-refractivity contribution is 7.89. The smallest absolute Gasteiger partial charge is 0.214 e. The van der Waals surface area contributed by atoms with Crippen LogP contribution < -0.4 is 9.47 Å². The average Bonchev–Trinajstić information content (AvgIpc) is 2.86. The van der Waals surface area contributed by atoms with E-state index in [0.29, 0.717) is 38.0 Å². The summed E-state index contributed by atoms with van der Waals surface area (Å²) in [6.07, 6.45) is 8.64. The van der Waals surface area contributed by atoms with Gasteiger partial charge in [-0.25, -0.2) is 8.42 Å². The zero-order valence-electron chi connectivity index (χ0n) is 21.5. The fourth-order valence-electron chi connectivity index (χ4n) is 5.99. The van der Waals surface area contributed by atoms with Crippen LogP contribution in [0.1, 0.15) is 82.4 Å². The van der Waals surface area contributed by atoms with Crippen molar-refractivity contribution in [2.24, 2.45) is 5.92 Å². The number of nitrogens with zero attached hydrogens (tertiary/aromatic N) is 2. The first-order chi connectivity index (χ1) is 17.0. The lowest BCUT2D eigenvalue weighted by Gasteiger charge is -2.51. The maximum Gasteiger partial charge on any atom is 0.214 e. The third-order valence-electron chi connectivity index (χ3n) is 7.88. The molecule has 3 atom stereocenters. The van der Waals surface area contributed by atoms with E-state index in [1.54, 1.807) is 0 Å². The van der Waals surface area contributed by atoms with Crippen LogP contribution in [0.25, 0.3) is 0 Å². The summed E-state index contributed by atoms with van der Waals surface area (Å²) in [4.78, 5) is 2.59. The van der Waals surface area contributed by atoms with Gasteiger partial charge in [-0.05, 0) is 74.1 Å². The van der Waals surface area contributed by atoms with Crippen molar-refractivity contribution in [3.05, 3.63) is 23.3 Å². The Hall–Kier alpha value is -1.02. The zero-order chi connectivity index (χ0) is 24.8. The first-order valence-electron chi connectivity index (χ1n) is 13.7. The fraction of sp³-hybridized carbons (Fsp3) is 0.778. The number of unbranched alkanes of at least 4 members (excludes halogenated alkanes) is 2. The van der Waals surface area contributed by atoms with Crippen molar-refractivity contribution in [1.82, 2.24) is 9.21 Å². The molecular formula is C27H43ClN2O4S. The SMILES string of the molecule is CCCCOc1cc2c(cc1OCCCC)[C@@H]1C[C@H]3[C@H](CCCN3S(=O)(=O)CCCCl)CN1CC2. The number of rotatable bonds is 12. The summed E-state index contributed by atoms with van der Waals surface area (Å²) in [5, 5.41) is 0. The van der Waals surface area contributed by atoms with Crippen molar-refractivity contribution in [3.63, 3.8) is 0 Å². The summed E-state index contributed by atoms with van der Waals surface area (Å²) in [5.41, 5.74) is 2.62. The van der Waals surface area contributed by atoms with Crippen LogP contribution in [0.15, 0.2) is 12.1 Å². The predicted octanol–water partition coefficient (Wildman–Crippen LogP) is 5.39. The topological polar surface area (TPSA) is 59.1 Å². The van der Waals surface area contributed by atoms with E-state index in [9.17, 15) is 8.42 Å². The molecule has 198 valence electrons. The molecule has 0 amide bonds. The molecule has 1 aromatic rings. The Balaban J connectivity index is 1.60. The van der Waals surface area contributed by atoms with Gasteiger partial charge in [0.1, 0.15) is 0 Å². The van der Waals surface area contributed by atoms with Gasteiger partial charge in [0, 0.05) is 37.6 Å². The lowest BCUT2D eigenvalue weighted by Crippen LogP contribution is -2.57. The number of piperidine rings is 2. The van der Waals surface area contributed by atoms with Crippen molar-refractivity contribution >= 4 is 21.6 Å². The molecule has 2 saturated heterocycles. The molecule has 3 aliphatic rings. The number of ether oxygens (including phenoxy) is 2. The van der Waals surface area contributed by atoms with Crippen molar-refractivity contribution in [2.45, 2.75) is 83.7 Å². The molecule has 0 bridgehead atoms. The molecule has 0 saturated carbocycles. The first kappa shape index (κ1) is 27.0. The van der Waals surface area contributed by atoms with Gasteiger partial charge in [0.2, 0.25) is 10.0 Å². The van der Waals surface area contributed by atoms with Gasteiger partial charge in [0.05, 0.1) is 19.0 Å². The van der Waals surface area contributed by atoms with Gasteiger partial charge in [-0.2, -0.15) is 4.31 Å². The van der Waals surface area contributed by atoms with Gasteiger partial charge in [0.25, 0.3) is 0 Å². The van der Waals surface area contributed by atoms with Crippen LogP contribution in [0.2, 0.25) is 0 Å². The Morgan fingerprint density at radius 2 is 1.74 bits per heavy atom. The van der Waals surface area contributed by atoms with Gasteiger partial charge in [0.15, 0.2) is 11.5 Å². The molecule has 8 heteroatoms. The number of sulfonamides is 1. The van der Waals surface area contributed by atoms with E-state index in [0.717, 1.165) is 76.0 Å². The number of benzene rings is 1. The molecule has 35 heavy (non-hydrogen) atoms. The van der Waals surface area contributed by atoms with E-state index in [2.05, 4.69) is 30.9 Å². The first-order valence-corrected chi connectivity index (χ1v) is 15.8. The van der Waals surface area contributed by atoms with Crippen LogP contribution in [0.4, 0.5) is 0 Å². The molecule has 0 unspecified atom stereocenters. The van der Waals surface area contributed by atoms with E-state index < -0.39 is 10.0 Å². The Labute approximate surface area is 217 Å². The minimum absolute atomic E-state index is 0.0706. The highest BCUT2D eigenvalue weighted by atomic mass is 35.5. The second kappa shape index (κ2) is 12.5. The molecule has 0 spiro atoms. The van der Waals surface area contributed by atoms with Crippen molar-refractivity contribution in [2.75, 3.05) is 44.5 Å². The number of fused-ring (bicyclic) bond motifs is 4. The average molecular weight is 527 g/mol.